The molecule has 0 saturated carbocycles. The number of nitrogens with zero attached hydrogens (tertiary/aromatic N) is 2. The van der Waals surface area contributed by atoms with Gasteiger partial charge in [-0.1, -0.05) is 0 Å². The molecule has 0 aromatic carbocycles. The Kier molecular flexibility index (Phi) is 2.32. The molecule has 6 heteroatoms. The second kappa shape index (κ2) is 3.47. The summed E-state index contributed by atoms with van der Waals surface area (Å²) in [5.74, 6) is 0. The van der Waals surface area contributed by atoms with Gasteiger partial charge in [0.15, 0.2) is 0 Å². The van der Waals surface area contributed by atoms with E-state index >= 15 is 0 Å². The smallest absolute Gasteiger partial charge is 0.276 e. The molecule has 1 N–H and O–H groups in total. The summed E-state index contributed by atoms with van der Waals surface area (Å²) in [5.41, 5.74) is -0.176. The number of thiophene rings is 1. The van der Waals surface area contributed by atoms with E-state index in [4.69, 9.17) is 0 Å². The van der Waals surface area contributed by atoms with E-state index in [9.17, 15) is 4.79 Å². The zero-order valence-electron chi connectivity index (χ0n) is 6.53. The van der Waals surface area contributed by atoms with Crippen molar-refractivity contribution < 1.29 is 0 Å². The van der Waals surface area contributed by atoms with Gasteiger partial charge in [-0.15, -0.1) is 11.3 Å². The van der Waals surface area contributed by atoms with Crippen LogP contribution in [0.4, 0.5) is 0 Å². The minimum Gasteiger partial charge on any atom is -0.276 e. The molecule has 0 saturated heterocycles. The van der Waals surface area contributed by atoms with Crippen molar-refractivity contribution in [3.8, 4) is 0 Å². The van der Waals surface area contributed by atoms with Crippen molar-refractivity contribution in [1.29, 1.82) is 0 Å². The van der Waals surface area contributed by atoms with E-state index in [2.05, 4.69) is 26.1 Å². The Morgan fingerprint density at radius 2 is 2.54 bits per heavy atom. The third-order valence-electron chi connectivity index (χ3n) is 1.57. The van der Waals surface area contributed by atoms with Crippen molar-refractivity contribution in [2.75, 3.05) is 0 Å². The molecule has 0 spiro atoms. The maximum Gasteiger partial charge on any atom is 0.343 e. The molecule has 4 nitrogen and oxygen atoms in total. The normalized spacial score (nSPS) is 10.5. The average Bonchev–Trinajstić information content (AvgIpc) is 2.64. The summed E-state index contributed by atoms with van der Waals surface area (Å²) in [6.07, 6.45) is 1.50. The van der Waals surface area contributed by atoms with Gasteiger partial charge >= 0.3 is 5.69 Å². The first-order chi connectivity index (χ1) is 6.25. The zero-order chi connectivity index (χ0) is 9.26. The van der Waals surface area contributed by atoms with Crippen LogP contribution in [0, 0.1) is 0 Å². The number of halogens is 1. The molecule has 2 aromatic heterocycles. The van der Waals surface area contributed by atoms with Crippen molar-refractivity contribution in [2.24, 2.45) is 0 Å². The van der Waals surface area contributed by atoms with Crippen LogP contribution in [0.5, 0.6) is 0 Å². The van der Waals surface area contributed by atoms with E-state index in [0.717, 1.165) is 9.35 Å². The van der Waals surface area contributed by atoms with Gasteiger partial charge < -0.3 is 0 Å². The highest BCUT2D eigenvalue weighted by Gasteiger charge is 2.01. The van der Waals surface area contributed by atoms with Gasteiger partial charge in [0, 0.05) is 14.7 Å². The summed E-state index contributed by atoms with van der Waals surface area (Å²) < 4.78 is 2.57. The predicted molar refractivity (Wildman–Crippen MR) is 54.0 cm³/mol. The molecule has 2 heterocycles. The lowest BCUT2D eigenvalue weighted by molar-refractivity contribution is 0.772. The molecule has 13 heavy (non-hydrogen) atoms. The molecule has 0 unspecified atom stereocenters. The van der Waals surface area contributed by atoms with Gasteiger partial charge in [0.25, 0.3) is 0 Å². The molecule has 0 amide bonds. The van der Waals surface area contributed by atoms with E-state index in [1.807, 2.05) is 11.4 Å². The zero-order valence-corrected chi connectivity index (χ0v) is 8.93. The predicted octanol–water partition coefficient (Wildman–Crippen LogP) is 1.44. The number of aromatic amines is 1. The van der Waals surface area contributed by atoms with E-state index in [-0.39, 0.29) is 5.69 Å². The van der Waals surface area contributed by atoms with Crippen LogP contribution in [0.1, 0.15) is 4.88 Å². The second-order valence-electron chi connectivity index (χ2n) is 2.52. The quantitative estimate of drug-likeness (QED) is 0.888. The van der Waals surface area contributed by atoms with Crippen LogP contribution in [0.25, 0.3) is 0 Å². The van der Waals surface area contributed by atoms with E-state index in [0.29, 0.717) is 6.54 Å². The second-order valence-corrected chi connectivity index (χ2v) is 4.43. The van der Waals surface area contributed by atoms with Gasteiger partial charge in [-0.05, 0) is 22.0 Å². The number of hydrogen-bond acceptors (Lipinski definition) is 3. The number of aromatic nitrogens is 3. The molecule has 0 aliphatic rings. The average molecular weight is 260 g/mol. The van der Waals surface area contributed by atoms with E-state index in [1.54, 1.807) is 11.3 Å². The summed E-state index contributed by atoms with van der Waals surface area (Å²) in [6.45, 7) is 0.575. The lowest BCUT2D eigenvalue weighted by Crippen LogP contribution is -2.16. The highest BCUT2D eigenvalue weighted by Crippen LogP contribution is 2.19. The van der Waals surface area contributed by atoms with Crippen molar-refractivity contribution in [3.05, 3.63) is 37.6 Å². The lowest BCUT2D eigenvalue weighted by Gasteiger charge is -1.94. The van der Waals surface area contributed by atoms with Gasteiger partial charge in [0.05, 0.1) is 6.54 Å². The fraction of sp³-hybridized carbons (Fsp3) is 0.143. The van der Waals surface area contributed by atoms with Crippen molar-refractivity contribution in [2.45, 2.75) is 6.54 Å². The number of hydrogen-bond donors (Lipinski definition) is 1. The van der Waals surface area contributed by atoms with E-state index in [1.165, 1.54) is 10.9 Å². The van der Waals surface area contributed by atoms with Gasteiger partial charge in [0.2, 0.25) is 0 Å². The molecule has 2 rings (SSSR count). The minimum atomic E-state index is -0.176. The standard InChI is InChI=1S/C7H6BrN3OS/c8-5-1-6(13-3-5)2-11-4-9-10-7(11)12/h1,3-4H,2H2,(H,10,12). The molecule has 2 aromatic rings. The Morgan fingerprint density at radius 1 is 1.69 bits per heavy atom. The van der Waals surface area contributed by atoms with Gasteiger partial charge in [-0.25, -0.2) is 9.89 Å². The SMILES string of the molecule is O=c1[nH]ncn1Cc1cc(Br)cs1. The van der Waals surface area contributed by atoms with Gasteiger partial charge in [0.1, 0.15) is 6.33 Å². The fourth-order valence-corrected chi connectivity index (χ4v) is 2.44. The Morgan fingerprint density at radius 3 is 3.08 bits per heavy atom. The first-order valence-corrected chi connectivity index (χ1v) is 5.26. The largest absolute Gasteiger partial charge is 0.343 e. The highest BCUT2D eigenvalue weighted by atomic mass is 79.9. The Hall–Kier alpha value is -0.880. The Bertz CT molecular complexity index is 458. The van der Waals surface area contributed by atoms with Gasteiger partial charge in [-0.3, -0.25) is 4.57 Å². The maximum absolute atomic E-state index is 11.1. The van der Waals surface area contributed by atoms with Crippen molar-refractivity contribution >= 4 is 27.3 Å². The van der Waals surface area contributed by atoms with Crippen LogP contribution < -0.4 is 5.69 Å². The molecule has 0 fully saturated rings. The Labute approximate surface area is 86.3 Å². The fourth-order valence-electron chi connectivity index (χ4n) is 0.988. The highest BCUT2D eigenvalue weighted by molar-refractivity contribution is 9.10. The number of rotatable bonds is 2. The van der Waals surface area contributed by atoms with Crippen molar-refractivity contribution in [1.82, 2.24) is 14.8 Å². The molecule has 68 valence electrons. The molecule has 0 radical (unpaired) electrons. The van der Waals surface area contributed by atoms with E-state index < -0.39 is 0 Å². The third kappa shape index (κ3) is 1.89. The summed E-state index contributed by atoms with van der Waals surface area (Å²) in [7, 11) is 0. The topological polar surface area (TPSA) is 50.7 Å². The monoisotopic (exact) mass is 259 g/mol. The van der Waals surface area contributed by atoms with Crippen molar-refractivity contribution in [3.63, 3.8) is 0 Å². The maximum atomic E-state index is 11.1. The molecule has 0 aliphatic carbocycles. The summed E-state index contributed by atoms with van der Waals surface area (Å²) >= 11 is 4.96. The summed E-state index contributed by atoms with van der Waals surface area (Å²) in [4.78, 5) is 12.2. The first kappa shape index (κ1) is 8.71. The van der Waals surface area contributed by atoms with Crippen LogP contribution >= 0.6 is 27.3 Å². The molecule has 0 aliphatic heterocycles. The summed E-state index contributed by atoms with van der Waals surface area (Å²) in [5, 5.41) is 7.98. The molecule has 0 atom stereocenters. The summed E-state index contributed by atoms with van der Waals surface area (Å²) in [6, 6.07) is 1.99. The third-order valence-corrected chi connectivity index (χ3v) is 3.25. The van der Waals surface area contributed by atoms with Crippen LogP contribution in [0.3, 0.4) is 0 Å². The molecular weight excluding hydrogens is 254 g/mol. The van der Waals surface area contributed by atoms with Crippen LogP contribution in [0.15, 0.2) is 27.0 Å². The van der Waals surface area contributed by atoms with Crippen LogP contribution in [-0.4, -0.2) is 14.8 Å². The Balaban J connectivity index is 2.24. The number of H-pyrrole nitrogens is 1. The van der Waals surface area contributed by atoms with Crippen LogP contribution in [0.2, 0.25) is 0 Å². The molecule has 0 bridgehead atoms. The molecular formula is C7H6BrN3OS. The lowest BCUT2D eigenvalue weighted by atomic mass is 10.5. The van der Waals surface area contributed by atoms with Crippen LogP contribution in [-0.2, 0) is 6.54 Å². The number of nitrogens with one attached hydrogen (secondary N) is 1. The first-order valence-electron chi connectivity index (χ1n) is 3.58. The minimum absolute atomic E-state index is 0.176. The van der Waals surface area contributed by atoms with Gasteiger partial charge in [-0.2, -0.15) is 5.10 Å².